The van der Waals surface area contributed by atoms with Crippen LogP contribution in [0.25, 0.3) is 0 Å². The van der Waals surface area contributed by atoms with Gasteiger partial charge in [-0.3, -0.25) is 4.79 Å². The molecule has 1 radical (unpaired) electrons. The second-order valence-corrected chi connectivity index (χ2v) is 3.35. The Morgan fingerprint density at radius 2 is 2.36 bits per heavy atom. The van der Waals surface area contributed by atoms with Crippen LogP contribution in [-0.2, 0) is 4.79 Å². The second-order valence-electron chi connectivity index (χ2n) is 3.35. The summed E-state index contributed by atoms with van der Waals surface area (Å²) < 4.78 is 0. The number of amides is 1. The van der Waals surface area contributed by atoms with Crippen molar-refractivity contribution < 1.29 is 4.79 Å². The molecule has 1 aliphatic heterocycles. The van der Waals surface area contributed by atoms with E-state index in [4.69, 9.17) is 0 Å². The summed E-state index contributed by atoms with van der Waals surface area (Å²) in [5.74, 6) is 0.968. The molecule has 0 aromatic carbocycles. The summed E-state index contributed by atoms with van der Waals surface area (Å²) in [5.41, 5.74) is 0. The highest BCUT2D eigenvalue weighted by Gasteiger charge is 2.21. The third-order valence-electron chi connectivity index (χ3n) is 2.37. The molecule has 73 valence electrons. The number of rotatable bonds is 1. The van der Waals surface area contributed by atoms with Crippen LogP contribution in [0.4, 0.5) is 5.82 Å². The SMILES string of the molecule is CN1CCN(c2c[c]ccn2)CC1=O. The van der Waals surface area contributed by atoms with Gasteiger partial charge in [-0.15, -0.1) is 0 Å². The molecule has 0 atom stereocenters. The lowest BCUT2D eigenvalue weighted by Gasteiger charge is -2.32. The fraction of sp³-hybridized carbons (Fsp3) is 0.400. The van der Waals surface area contributed by atoms with Gasteiger partial charge in [-0.1, -0.05) is 0 Å². The Hall–Kier alpha value is -1.58. The maximum atomic E-state index is 11.4. The lowest BCUT2D eigenvalue weighted by Crippen LogP contribution is -2.48. The van der Waals surface area contributed by atoms with E-state index < -0.39 is 0 Å². The van der Waals surface area contributed by atoms with Crippen molar-refractivity contribution in [3.63, 3.8) is 0 Å². The first kappa shape index (κ1) is 8.99. The first-order valence-corrected chi connectivity index (χ1v) is 4.58. The topological polar surface area (TPSA) is 36.4 Å². The van der Waals surface area contributed by atoms with Crippen LogP contribution < -0.4 is 4.90 Å². The predicted molar refractivity (Wildman–Crippen MR) is 52.9 cm³/mol. The molecule has 4 nitrogen and oxygen atoms in total. The predicted octanol–water partition coefficient (Wildman–Crippen LogP) is 0.160. The molecule has 1 aliphatic rings. The van der Waals surface area contributed by atoms with E-state index >= 15 is 0 Å². The van der Waals surface area contributed by atoms with Crippen molar-refractivity contribution in [2.45, 2.75) is 0 Å². The zero-order valence-electron chi connectivity index (χ0n) is 8.10. The van der Waals surface area contributed by atoms with Gasteiger partial charge in [-0.25, -0.2) is 4.98 Å². The maximum absolute atomic E-state index is 11.4. The van der Waals surface area contributed by atoms with Gasteiger partial charge < -0.3 is 9.80 Å². The Morgan fingerprint density at radius 1 is 1.50 bits per heavy atom. The molecule has 1 fully saturated rings. The van der Waals surface area contributed by atoms with Crippen LogP contribution in [0.1, 0.15) is 0 Å². The van der Waals surface area contributed by atoms with Gasteiger partial charge in [-0.05, 0) is 18.2 Å². The molecule has 14 heavy (non-hydrogen) atoms. The van der Waals surface area contributed by atoms with Crippen LogP contribution in [0.2, 0.25) is 0 Å². The standard InChI is InChI=1S/C10H12N3O/c1-12-6-7-13(8-10(12)14)9-4-2-3-5-11-9/h3-5H,6-8H2,1H3. The van der Waals surface area contributed by atoms with Crippen LogP contribution in [0, 0.1) is 6.07 Å². The van der Waals surface area contributed by atoms with Crippen LogP contribution >= 0.6 is 0 Å². The highest BCUT2D eigenvalue weighted by atomic mass is 16.2. The number of nitrogens with zero attached hydrogens (tertiary/aromatic N) is 3. The molecule has 0 spiro atoms. The molecule has 0 aliphatic carbocycles. The number of hydrogen-bond donors (Lipinski definition) is 0. The molecule has 1 aromatic heterocycles. The summed E-state index contributed by atoms with van der Waals surface area (Å²) in [5, 5.41) is 0. The summed E-state index contributed by atoms with van der Waals surface area (Å²) in [7, 11) is 1.82. The minimum absolute atomic E-state index is 0.141. The maximum Gasteiger partial charge on any atom is 0.241 e. The number of carbonyl (C=O) groups is 1. The average molecular weight is 190 g/mol. The molecule has 0 saturated carbocycles. The van der Waals surface area contributed by atoms with Gasteiger partial charge in [0.05, 0.1) is 6.54 Å². The number of hydrogen-bond acceptors (Lipinski definition) is 3. The molecule has 2 heterocycles. The van der Waals surface area contributed by atoms with Crippen molar-refractivity contribution >= 4 is 11.7 Å². The molecule has 1 amide bonds. The molecule has 0 unspecified atom stereocenters. The number of piperazine rings is 1. The van der Waals surface area contributed by atoms with E-state index in [0.29, 0.717) is 6.54 Å². The van der Waals surface area contributed by atoms with Crippen LogP contribution in [0.5, 0.6) is 0 Å². The fourth-order valence-electron chi connectivity index (χ4n) is 1.44. The quantitative estimate of drug-likeness (QED) is 0.633. The van der Waals surface area contributed by atoms with Crippen molar-refractivity contribution in [1.82, 2.24) is 9.88 Å². The van der Waals surface area contributed by atoms with Crippen LogP contribution in [-0.4, -0.2) is 42.5 Å². The van der Waals surface area contributed by atoms with E-state index in [1.54, 1.807) is 23.2 Å². The molecule has 2 rings (SSSR count). The number of pyridine rings is 1. The van der Waals surface area contributed by atoms with E-state index in [0.717, 1.165) is 18.9 Å². The van der Waals surface area contributed by atoms with Crippen LogP contribution in [0.3, 0.4) is 0 Å². The summed E-state index contributed by atoms with van der Waals surface area (Å²) in [4.78, 5) is 19.3. The van der Waals surface area contributed by atoms with E-state index in [1.165, 1.54) is 0 Å². The monoisotopic (exact) mass is 190 g/mol. The van der Waals surface area contributed by atoms with E-state index in [9.17, 15) is 4.79 Å². The van der Waals surface area contributed by atoms with E-state index in [-0.39, 0.29) is 5.91 Å². The number of carbonyl (C=O) groups excluding carboxylic acids is 1. The molecule has 0 bridgehead atoms. The third kappa shape index (κ3) is 1.69. The van der Waals surface area contributed by atoms with Crippen molar-refractivity contribution in [1.29, 1.82) is 0 Å². The van der Waals surface area contributed by atoms with Crippen LogP contribution in [0.15, 0.2) is 18.3 Å². The lowest BCUT2D eigenvalue weighted by atomic mass is 10.3. The van der Waals surface area contributed by atoms with Gasteiger partial charge in [0.25, 0.3) is 0 Å². The third-order valence-corrected chi connectivity index (χ3v) is 2.37. The number of likely N-dealkylation sites (N-methyl/N-ethyl adjacent to an activating group) is 1. The van der Waals surface area contributed by atoms with Gasteiger partial charge in [0.2, 0.25) is 5.91 Å². The first-order chi connectivity index (χ1) is 6.77. The zero-order chi connectivity index (χ0) is 9.97. The summed E-state index contributed by atoms with van der Waals surface area (Å²) >= 11 is 0. The first-order valence-electron chi connectivity index (χ1n) is 4.58. The Kier molecular flexibility index (Phi) is 2.35. The highest BCUT2D eigenvalue weighted by molar-refractivity contribution is 5.82. The Morgan fingerprint density at radius 3 is 3.00 bits per heavy atom. The minimum Gasteiger partial charge on any atom is -0.346 e. The van der Waals surface area contributed by atoms with E-state index in [2.05, 4.69) is 11.1 Å². The number of anilines is 1. The fourth-order valence-corrected chi connectivity index (χ4v) is 1.44. The minimum atomic E-state index is 0.141. The normalized spacial score (nSPS) is 17.4. The van der Waals surface area contributed by atoms with Gasteiger partial charge in [0.1, 0.15) is 5.82 Å². The van der Waals surface area contributed by atoms with Crippen molar-refractivity contribution in [3.8, 4) is 0 Å². The van der Waals surface area contributed by atoms with Crippen molar-refractivity contribution in [2.75, 3.05) is 31.6 Å². The van der Waals surface area contributed by atoms with Crippen molar-refractivity contribution in [2.24, 2.45) is 0 Å². The zero-order valence-corrected chi connectivity index (χ0v) is 8.10. The summed E-state index contributed by atoms with van der Waals surface area (Å²) in [6.45, 7) is 2.02. The molecule has 0 N–H and O–H groups in total. The Bertz CT molecular complexity index is 325. The van der Waals surface area contributed by atoms with Gasteiger partial charge >= 0.3 is 0 Å². The summed E-state index contributed by atoms with van der Waals surface area (Å²) in [6, 6.07) is 6.51. The van der Waals surface area contributed by atoms with Gasteiger partial charge in [0.15, 0.2) is 0 Å². The Balaban J connectivity index is 2.11. The molecule has 1 saturated heterocycles. The lowest BCUT2D eigenvalue weighted by molar-refractivity contribution is -0.129. The largest absolute Gasteiger partial charge is 0.346 e. The smallest absolute Gasteiger partial charge is 0.241 e. The van der Waals surface area contributed by atoms with Gasteiger partial charge in [-0.2, -0.15) is 0 Å². The second kappa shape index (κ2) is 3.65. The average Bonchev–Trinajstić information content (AvgIpc) is 2.23. The summed E-state index contributed by atoms with van der Waals surface area (Å²) in [6.07, 6.45) is 1.69. The number of aromatic nitrogens is 1. The van der Waals surface area contributed by atoms with Gasteiger partial charge in [0, 0.05) is 26.3 Å². The van der Waals surface area contributed by atoms with E-state index in [1.807, 2.05) is 11.9 Å². The molecular formula is C10H12N3O. The molecule has 4 heteroatoms. The Labute approximate surface area is 83.2 Å². The molecule has 1 aromatic rings. The highest BCUT2D eigenvalue weighted by Crippen LogP contribution is 2.11. The van der Waals surface area contributed by atoms with Crippen molar-refractivity contribution in [3.05, 3.63) is 24.4 Å². The molecular weight excluding hydrogens is 178 g/mol.